The molecule has 2 aromatic rings. The van der Waals surface area contributed by atoms with Crippen molar-refractivity contribution in [1.82, 2.24) is 4.98 Å². The van der Waals surface area contributed by atoms with Gasteiger partial charge >= 0.3 is 5.97 Å². The Balaban J connectivity index is 2.39. The summed E-state index contributed by atoms with van der Waals surface area (Å²) in [6, 6.07) is 7.39. The number of nitrogens with one attached hydrogen (secondary N) is 1. The predicted octanol–water partition coefficient (Wildman–Crippen LogP) is 3.32. The maximum Gasteiger partial charge on any atom is 0.336 e. The second-order valence-electron chi connectivity index (χ2n) is 3.87. The van der Waals surface area contributed by atoms with Crippen molar-refractivity contribution < 1.29 is 9.90 Å². The first-order chi connectivity index (χ1) is 8.54. The molecule has 18 heavy (non-hydrogen) atoms. The minimum absolute atomic E-state index is 0.519. The molecular weight excluding hydrogens is 316 g/mol. The van der Waals surface area contributed by atoms with Crippen molar-refractivity contribution in [2.45, 2.75) is 12.5 Å². The number of halogens is 1. The third-order valence-corrected chi connectivity index (χ3v) is 4.23. The van der Waals surface area contributed by atoms with E-state index in [4.69, 9.17) is 0 Å². The molecule has 1 aromatic carbocycles. The van der Waals surface area contributed by atoms with Gasteiger partial charge < -0.3 is 10.4 Å². The first kappa shape index (κ1) is 13.0. The molecule has 1 unspecified atom stereocenters. The number of aliphatic carboxylic acids is 1. The number of para-hydroxylation sites is 1. The maximum atomic E-state index is 11.5. The van der Waals surface area contributed by atoms with E-state index in [0.717, 1.165) is 10.2 Å². The second-order valence-corrected chi connectivity index (χ2v) is 5.62. The number of carboxylic acid groups (broad SMARTS) is 1. The number of rotatable bonds is 4. The topological polar surface area (TPSA) is 62.2 Å². The summed E-state index contributed by atoms with van der Waals surface area (Å²) in [5, 5.41) is 14.8. The number of hydrogen-bond acceptors (Lipinski definition) is 4. The van der Waals surface area contributed by atoms with E-state index in [1.54, 1.807) is 18.5 Å². The quantitative estimate of drug-likeness (QED) is 0.904. The number of hydrogen-bond donors (Lipinski definition) is 2. The third kappa shape index (κ3) is 2.39. The predicted molar refractivity (Wildman–Crippen MR) is 74.9 cm³/mol. The smallest absolute Gasteiger partial charge is 0.336 e. The van der Waals surface area contributed by atoms with E-state index in [9.17, 15) is 9.90 Å². The van der Waals surface area contributed by atoms with Crippen LogP contribution >= 0.6 is 27.3 Å². The normalized spacial score (nSPS) is 13.9. The van der Waals surface area contributed by atoms with E-state index in [1.807, 2.05) is 24.3 Å². The van der Waals surface area contributed by atoms with Gasteiger partial charge in [-0.2, -0.15) is 0 Å². The van der Waals surface area contributed by atoms with Gasteiger partial charge in [-0.1, -0.05) is 12.1 Å². The Labute approximate surface area is 117 Å². The molecule has 0 amide bonds. The average Bonchev–Trinajstić information content (AvgIpc) is 2.86. The molecule has 0 radical (unpaired) electrons. The number of benzene rings is 1. The zero-order valence-corrected chi connectivity index (χ0v) is 12.0. The van der Waals surface area contributed by atoms with E-state index in [-0.39, 0.29) is 0 Å². The Kier molecular flexibility index (Phi) is 3.68. The van der Waals surface area contributed by atoms with Crippen molar-refractivity contribution in [2.24, 2.45) is 0 Å². The Bertz CT molecular complexity index is 559. The molecule has 0 fully saturated rings. The van der Waals surface area contributed by atoms with E-state index < -0.39 is 11.5 Å². The summed E-state index contributed by atoms with van der Waals surface area (Å²) in [5.41, 5.74) is -0.518. The lowest BCUT2D eigenvalue weighted by atomic mass is 10.0. The van der Waals surface area contributed by atoms with Gasteiger partial charge in [0.05, 0.1) is 0 Å². The van der Waals surface area contributed by atoms with Crippen molar-refractivity contribution in [3.8, 4) is 0 Å². The van der Waals surface area contributed by atoms with Crippen molar-refractivity contribution >= 4 is 38.9 Å². The van der Waals surface area contributed by atoms with Crippen LogP contribution in [0.1, 0.15) is 11.9 Å². The molecule has 0 bridgehead atoms. The van der Waals surface area contributed by atoms with Crippen molar-refractivity contribution in [1.29, 1.82) is 0 Å². The molecule has 0 aliphatic rings. The first-order valence-electron chi connectivity index (χ1n) is 5.20. The molecule has 2 rings (SSSR count). The molecule has 0 saturated heterocycles. The largest absolute Gasteiger partial charge is 0.479 e. The Morgan fingerprint density at radius 3 is 2.78 bits per heavy atom. The number of thiazole rings is 1. The molecular formula is C12H11BrN2O2S. The molecule has 2 N–H and O–H groups in total. The van der Waals surface area contributed by atoms with Gasteiger partial charge in [-0.05, 0) is 35.0 Å². The van der Waals surface area contributed by atoms with Crippen LogP contribution in [-0.2, 0) is 10.3 Å². The van der Waals surface area contributed by atoms with Gasteiger partial charge in [0, 0.05) is 21.7 Å². The molecule has 1 atom stereocenters. The molecule has 4 nitrogen and oxygen atoms in total. The van der Waals surface area contributed by atoms with Crippen LogP contribution in [-0.4, -0.2) is 16.1 Å². The average molecular weight is 327 g/mol. The van der Waals surface area contributed by atoms with Crippen molar-refractivity contribution in [3.05, 3.63) is 45.3 Å². The maximum absolute atomic E-state index is 11.5. The highest BCUT2D eigenvalue weighted by atomic mass is 79.9. The van der Waals surface area contributed by atoms with E-state index in [1.165, 1.54) is 11.3 Å². The van der Waals surface area contributed by atoms with Gasteiger partial charge in [-0.25, -0.2) is 9.78 Å². The zero-order chi connectivity index (χ0) is 13.2. The van der Waals surface area contributed by atoms with Gasteiger partial charge in [0.2, 0.25) is 0 Å². The minimum atomic E-state index is -1.24. The van der Waals surface area contributed by atoms with Crippen LogP contribution in [0.4, 0.5) is 5.69 Å². The highest BCUT2D eigenvalue weighted by Gasteiger charge is 2.38. The first-order valence-corrected chi connectivity index (χ1v) is 6.87. The molecule has 1 heterocycles. The van der Waals surface area contributed by atoms with E-state index >= 15 is 0 Å². The van der Waals surface area contributed by atoms with Gasteiger partial charge in [0.1, 0.15) is 5.01 Å². The van der Waals surface area contributed by atoms with Crippen LogP contribution in [0, 0.1) is 0 Å². The lowest BCUT2D eigenvalue weighted by Gasteiger charge is -2.25. The number of carboxylic acids is 1. The standard InChI is InChI=1S/C12H11BrN2O2S/c1-12(11(16)17,10-14-6-7-18-10)15-9-5-3-2-4-8(9)13/h2-7,15H,1H3,(H,16,17). The number of carbonyl (C=O) groups is 1. The molecule has 0 spiro atoms. The van der Waals surface area contributed by atoms with Crippen molar-refractivity contribution in [3.63, 3.8) is 0 Å². The second kappa shape index (κ2) is 5.07. The SMILES string of the molecule is CC(Nc1ccccc1Br)(C(=O)O)c1nccs1. The van der Waals surface area contributed by atoms with Crippen LogP contribution < -0.4 is 5.32 Å². The van der Waals surface area contributed by atoms with Gasteiger partial charge in [-0.15, -0.1) is 11.3 Å². The fraction of sp³-hybridized carbons (Fsp3) is 0.167. The number of aromatic nitrogens is 1. The minimum Gasteiger partial charge on any atom is -0.479 e. The summed E-state index contributed by atoms with van der Waals surface area (Å²) in [6.45, 7) is 1.60. The third-order valence-electron chi connectivity index (χ3n) is 2.55. The van der Waals surface area contributed by atoms with Gasteiger partial charge in [0.15, 0.2) is 5.54 Å². The summed E-state index contributed by atoms with van der Waals surface area (Å²) in [4.78, 5) is 15.6. The highest BCUT2D eigenvalue weighted by molar-refractivity contribution is 9.10. The van der Waals surface area contributed by atoms with Crippen LogP contribution in [0.25, 0.3) is 0 Å². The van der Waals surface area contributed by atoms with E-state index in [0.29, 0.717) is 5.01 Å². The summed E-state index contributed by atoms with van der Waals surface area (Å²) < 4.78 is 0.814. The Morgan fingerprint density at radius 1 is 1.50 bits per heavy atom. The summed E-state index contributed by atoms with van der Waals surface area (Å²) in [5.74, 6) is -0.965. The summed E-state index contributed by atoms with van der Waals surface area (Å²) in [6.07, 6.45) is 1.60. The van der Waals surface area contributed by atoms with Crippen LogP contribution in [0.15, 0.2) is 40.3 Å². The molecule has 0 saturated carbocycles. The lowest BCUT2D eigenvalue weighted by molar-refractivity contribution is -0.142. The van der Waals surface area contributed by atoms with Crippen LogP contribution in [0.5, 0.6) is 0 Å². The molecule has 0 aliphatic carbocycles. The summed E-state index contributed by atoms with van der Waals surface area (Å²) >= 11 is 4.70. The Hall–Kier alpha value is -1.40. The molecule has 1 aromatic heterocycles. The van der Waals surface area contributed by atoms with Crippen LogP contribution in [0.2, 0.25) is 0 Å². The van der Waals surface area contributed by atoms with Crippen molar-refractivity contribution in [2.75, 3.05) is 5.32 Å². The fourth-order valence-electron chi connectivity index (χ4n) is 1.50. The lowest BCUT2D eigenvalue weighted by Crippen LogP contribution is -2.40. The van der Waals surface area contributed by atoms with Crippen LogP contribution in [0.3, 0.4) is 0 Å². The molecule has 6 heteroatoms. The van der Waals surface area contributed by atoms with Gasteiger partial charge in [0.25, 0.3) is 0 Å². The molecule has 0 aliphatic heterocycles. The van der Waals surface area contributed by atoms with E-state index in [2.05, 4.69) is 26.2 Å². The van der Waals surface area contributed by atoms with Gasteiger partial charge in [-0.3, -0.25) is 0 Å². The molecule has 94 valence electrons. The summed E-state index contributed by atoms with van der Waals surface area (Å²) in [7, 11) is 0. The monoisotopic (exact) mass is 326 g/mol. The fourth-order valence-corrected chi connectivity index (χ4v) is 2.63. The zero-order valence-electron chi connectivity index (χ0n) is 9.55. The number of nitrogens with zero attached hydrogens (tertiary/aromatic N) is 1. The highest BCUT2D eigenvalue weighted by Crippen LogP contribution is 2.31. The number of anilines is 1. The Morgan fingerprint density at radius 2 is 2.22 bits per heavy atom.